The fourth-order valence-corrected chi connectivity index (χ4v) is 2.84. The van der Waals surface area contributed by atoms with E-state index < -0.39 is 0 Å². The molecule has 1 saturated heterocycles. The molecule has 0 bridgehead atoms. The van der Waals surface area contributed by atoms with Crippen LogP contribution < -0.4 is 10.3 Å². The summed E-state index contributed by atoms with van der Waals surface area (Å²) in [6.45, 7) is 4.99. The van der Waals surface area contributed by atoms with Crippen LogP contribution in [-0.4, -0.2) is 49.5 Å². The second-order valence-electron chi connectivity index (χ2n) is 6.42. The summed E-state index contributed by atoms with van der Waals surface area (Å²) in [5.41, 5.74) is 1.50. The molecule has 2 aromatic rings. The van der Waals surface area contributed by atoms with Crippen LogP contribution in [0.5, 0.6) is 6.01 Å². The van der Waals surface area contributed by atoms with Crippen LogP contribution in [0.2, 0.25) is 0 Å². The molecule has 2 aromatic heterocycles. The Kier molecular flexibility index (Phi) is 5.60. The van der Waals surface area contributed by atoms with Gasteiger partial charge in [-0.25, -0.2) is 15.0 Å². The highest BCUT2D eigenvalue weighted by Gasteiger charge is 2.24. The molecule has 0 spiro atoms. The standard InChI is InChI=1S/C18H23N5O3/c1-3-14-9-19-18(20-10-14)26-15-4-6-22(7-5-15)17(25)11-23-12-21-13(2)8-16(23)24/h8-10,12,15H,3-7,11H2,1-2H3. The van der Waals surface area contributed by atoms with Crippen molar-refractivity contribution in [2.75, 3.05) is 13.1 Å². The summed E-state index contributed by atoms with van der Waals surface area (Å²) < 4.78 is 7.14. The number of aryl methyl sites for hydroxylation is 2. The molecular formula is C18H23N5O3. The average molecular weight is 357 g/mol. The highest BCUT2D eigenvalue weighted by atomic mass is 16.5. The van der Waals surface area contributed by atoms with E-state index in [2.05, 4.69) is 15.0 Å². The van der Waals surface area contributed by atoms with Gasteiger partial charge in [-0.1, -0.05) is 6.92 Å². The van der Waals surface area contributed by atoms with E-state index in [9.17, 15) is 9.59 Å². The average Bonchev–Trinajstić information content (AvgIpc) is 2.65. The van der Waals surface area contributed by atoms with Crippen LogP contribution in [-0.2, 0) is 17.8 Å². The van der Waals surface area contributed by atoms with Gasteiger partial charge in [0.25, 0.3) is 5.56 Å². The van der Waals surface area contributed by atoms with Gasteiger partial charge in [0.05, 0.1) is 6.33 Å². The zero-order chi connectivity index (χ0) is 18.5. The zero-order valence-electron chi connectivity index (χ0n) is 15.1. The molecule has 0 saturated carbocycles. The first kappa shape index (κ1) is 18.0. The second kappa shape index (κ2) is 8.07. The normalized spacial score (nSPS) is 15.1. The number of carbonyl (C=O) groups excluding carboxylic acids is 1. The molecule has 8 nitrogen and oxygen atoms in total. The van der Waals surface area contributed by atoms with Crippen molar-refractivity contribution in [2.45, 2.75) is 45.8 Å². The topological polar surface area (TPSA) is 90.2 Å². The van der Waals surface area contributed by atoms with E-state index in [-0.39, 0.29) is 24.1 Å². The lowest BCUT2D eigenvalue weighted by Gasteiger charge is -2.31. The maximum atomic E-state index is 12.4. The van der Waals surface area contributed by atoms with Gasteiger partial charge in [0, 0.05) is 50.1 Å². The van der Waals surface area contributed by atoms with Crippen molar-refractivity contribution in [3.63, 3.8) is 0 Å². The number of amides is 1. The SMILES string of the molecule is CCc1cnc(OC2CCN(C(=O)Cn3cnc(C)cc3=O)CC2)nc1. The minimum Gasteiger partial charge on any atom is -0.460 e. The third-order valence-corrected chi connectivity index (χ3v) is 4.48. The highest BCUT2D eigenvalue weighted by Crippen LogP contribution is 2.16. The van der Waals surface area contributed by atoms with Gasteiger partial charge in [-0.05, 0) is 18.9 Å². The Morgan fingerprint density at radius 2 is 1.92 bits per heavy atom. The Balaban J connectivity index is 1.51. The highest BCUT2D eigenvalue weighted by molar-refractivity contribution is 5.76. The first-order valence-electron chi connectivity index (χ1n) is 8.83. The molecule has 0 N–H and O–H groups in total. The summed E-state index contributed by atoms with van der Waals surface area (Å²) in [5.74, 6) is -0.0836. The predicted octanol–water partition coefficient (Wildman–Crippen LogP) is 0.974. The smallest absolute Gasteiger partial charge is 0.316 e. The molecule has 8 heteroatoms. The molecular weight excluding hydrogens is 334 g/mol. The van der Waals surface area contributed by atoms with Crippen LogP contribution in [0.15, 0.2) is 29.6 Å². The molecule has 0 unspecified atom stereocenters. The number of aromatic nitrogens is 4. The molecule has 3 rings (SSSR count). The van der Waals surface area contributed by atoms with Gasteiger partial charge in [0.1, 0.15) is 12.6 Å². The number of nitrogens with zero attached hydrogens (tertiary/aromatic N) is 5. The van der Waals surface area contributed by atoms with E-state index in [4.69, 9.17) is 4.74 Å². The van der Waals surface area contributed by atoms with Crippen molar-refractivity contribution < 1.29 is 9.53 Å². The Morgan fingerprint density at radius 3 is 2.54 bits per heavy atom. The lowest BCUT2D eigenvalue weighted by molar-refractivity contribution is -0.133. The first-order valence-corrected chi connectivity index (χ1v) is 8.83. The predicted molar refractivity (Wildman–Crippen MR) is 94.9 cm³/mol. The third kappa shape index (κ3) is 4.44. The quantitative estimate of drug-likeness (QED) is 0.792. The minimum absolute atomic E-state index is 0.00436. The van der Waals surface area contributed by atoms with Crippen LogP contribution in [0.1, 0.15) is 31.0 Å². The van der Waals surface area contributed by atoms with Crippen LogP contribution in [0.3, 0.4) is 0 Å². The Hall–Kier alpha value is -2.77. The van der Waals surface area contributed by atoms with Gasteiger partial charge >= 0.3 is 6.01 Å². The van der Waals surface area contributed by atoms with E-state index in [1.165, 1.54) is 17.0 Å². The number of hydrogen-bond acceptors (Lipinski definition) is 6. The summed E-state index contributed by atoms with van der Waals surface area (Å²) in [7, 11) is 0. The Morgan fingerprint density at radius 1 is 1.23 bits per heavy atom. The van der Waals surface area contributed by atoms with Gasteiger partial charge in [-0.2, -0.15) is 0 Å². The van der Waals surface area contributed by atoms with Crippen molar-refractivity contribution >= 4 is 5.91 Å². The maximum Gasteiger partial charge on any atom is 0.316 e. The third-order valence-electron chi connectivity index (χ3n) is 4.48. The zero-order valence-corrected chi connectivity index (χ0v) is 15.1. The summed E-state index contributed by atoms with van der Waals surface area (Å²) >= 11 is 0. The van der Waals surface area contributed by atoms with E-state index in [1.807, 2.05) is 6.92 Å². The lowest BCUT2D eigenvalue weighted by atomic mass is 10.1. The molecule has 3 heterocycles. The number of carbonyl (C=O) groups is 1. The van der Waals surface area contributed by atoms with Gasteiger partial charge in [0.15, 0.2) is 0 Å². The molecule has 0 atom stereocenters. The molecule has 26 heavy (non-hydrogen) atoms. The number of hydrogen-bond donors (Lipinski definition) is 0. The summed E-state index contributed by atoms with van der Waals surface area (Å²) in [6.07, 6.45) is 7.28. The summed E-state index contributed by atoms with van der Waals surface area (Å²) in [5, 5.41) is 0. The second-order valence-corrected chi connectivity index (χ2v) is 6.42. The van der Waals surface area contributed by atoms with E-state index in [0.29, 0.717) is 37.6 Å². The van der Waals surface area contributed by atoms with E-state index in [0.717, 1.165) is 12.0 Å². The van der Waals surface area contributed by atoms with E-state index in [1.54, 1.807) is 24.2 Å². The van der Waals surface area contributed by atoms with Crippen LogP contribution in [0.4, 0.5) is 0 Å². The molecule has 0 aliphatic carbocycles. The summed E-state index contributed by atoms with van der Waals surface area (Å²) in [4.78, 5) is 38.5. The lowest BCUT2D eigenvalue weighted by Crippen LogP contribution is -2.44. The van der Waals surface area contributed by atoms with E-state index >= 15 is 0 Å². The molecule has 0 radical (unpaired) electrons. The maximum absolute atomic E-state index is 12.4. The number of rotatable bonds is 5. The van der Waals surface area contributed by atoms with Crippen LogP contribution >= 0.6 is 0 Å². The van der Waals surface area contributed by atoms with Crippen molar-refractivity contribution in [2.24, 2.45) is 0 Å². The van der Waals surface area contributed by atoms with Gasteiger partial charge in [0.2, 0.25) is 5.91 Å². The fraction of sp³-hybridized carbons (Fsp3) is 0.500. The van der Waals surface area contributed by atoms with Gasteiger partial charge in [-0.3, -0.25) is 14.2 Å². The number of likely N-dealkylation sites (tertiary alicyclic amines) is 1. The van der Waals surface area contributed by atoms with Crippen LogP contribution in [0, 0.1) is 6.92 Å². The summed E-state index contributed by atoms with van der Waals surface area (Å²) in [6, 6.07) is 1.81. The monoisotopic (exact) mass is 357 g/mol. The number of piperidine rings is 1. The molecule has 0 aromatic carbocycles. The molecule has 1 aliphatic heterocycles. The molecule has 1 aliphatic rings. The molecule has 1 fully saturated rings. The molecule has 1 amide bonds. The first-order chi connectivity index (χ1) is 12.5. The van der Waals surface area contributed by atoms with Crippen molar-refractivity contribution in [1.29, 1.82) is 0 Å². The Labute approximate surface area is 151 Å². The van der Waals surface area contributed by atoms with Crippen molar-refractivity contribution in [1.82, 2.24) is 24.4 Å². The van der Waals surface area contributed by atoms with Crippen LogP contribution in [0.25, 0.3) is 0 Å². The van der Waals surface area contributed by atoms with Crippen molar-refractivity contribution in [3.05, 3.63) is 46.4 Å². The fourth-order valence-electron chi connectivity index (χ4n) is 2.84. The number of ether oxygens (including phenoxy) is 1. The van der Waals surface area contributed by atoms with Crippen molar-refractivity contribution in [3.8, 4) is 6.01 Å². The molecule has 138 valence electrons. The van der Waals surface area contributed by atoms with Gasteiger partial charge in [-0.15, -0.1) is 0 Å². The largest absolute Gasteiger partial charge is 0.460 e. The minimum atomic E-state index is -0.211. The van der Waals surface area contributed by atoms with Gasteiger partial charge < -0.3 is 9.64 Å². The Bertz CT molecular complexity index is 810.